The molecule has 19 heavy (non-hydrogen) atoms. The summed E-state index contributed by atoms with van der Waals surface area (Å²) in [5.41, 5.74) is 0.578. The van der Waals surface area contributed by atoms with Crippen LogP contribution < -0.4 is 0 Å². The van der Waals surface area contributed by atoms with Crippen LogP contribution in [0.1, 0.15) is 25.7 Å². The van der Waals surface area contributed by atoms with Gasteiger partial charge in [0.15, 0.2) is 0 Å². The van der Waals surface area contributed by atoms with Gasteiger partial charge in [0.25, 0.3) is 0 Å². The minimum Gasteiger partial charge on any atom is -0.185 e. The lowest BCUT2D eigenvalue weighted by Crippen LogP contribution is -2.35. The number of rotatable bonds is 2. The second-order valence-electron chi connectivity index (χ2n) is 4.69. The minimum atomic E-state index is -4.18. The summed E-state index contributed by atoms with van der Waals surface area (Å²) in [5, 5.41) is 7.86. The number of halogens is 4. The summed E-state index contributed by atoms with van der Waals surface area (Å²) in [7, 11) is 0. The van der Waals surface area contributed by atoms with E-state index in [1.54, 1.807) is 24.3 Å². The van der Waals surface area contributed by atoms with Gasteiger partial charge in [0.1, 0.15) is 0 Å². The molecule has 1 fully saturated rings. The fourth-order valence-electron chi connectivity index (χ4n) is 2.28. The Morgan fingerprint density at radius 2 is 1.68 bits per heavy atom. The third-order valence-corrected chi connectivity index (χ3v) is 3.83. The van der Waals surface area contributed by atoms with Crippen LogP contribution in [-0.2, 0) is 0 Å². The predicted octanol–water partition coefficient (Wildman–Crippen LogP) is 5.65. The summed E-state index contributed by atoms with van der Waals surface area (Å²) in [5.74, 6) is -1.35. The molecule has 0 spiro atoms. The van der Waals surface area contributed by atoms with Crippen LogP contribution in [0.2, 0.25) is 0 Å². The first kappa shape index (κ1) is 14.5. The molecule has 1 aliphatic carbocycles. The zero-order valence-electron chi connectivity index (χ0n) is 10.2. The highest BCUT2D eigenvalue weighted by Crippen LogP contribution is 2.39. The summed E-state index contributed by atoms with van der Waals surface area (Å²) < 4.78 is 39.5. The maximum absolute atomic E-state index is 12.9. The third kappa shape index (κ3) is 4.03. The van der Waals surface area contributed by atoms with Crippen LogP contribution in [0.15, 0.2) is 39.0 Å². The quantitative estimate of drug-likeness (QED) is 0.624. The Kier molecular flexibility index (Phi) is 4.60. The highest BCUT2D eigenvalue weighted by molar-refractivity contribution is 9.10. The Balaban J connectivity index is 2.09. The average molecular weight is 335 g/mol. The first-order valence-corrected chi connectivity index (χ1v) is 6.99. The van der Waals surface area contributed by atoms with Crippen molar-refractivity contribution in [3.63, 3.8) is 0 Å². The molecule has 2 rings (SSSR count). The highest BCUT2D eigenvalue weighted by atomic mass is 79.9. The van der Waals surface area contributed by atoms with Crippen molar-refractivity contribution in [2.45, 2.75) is 37.9 Å². The topological polar surface area (TPSA) is 24.7 Å². The lowest BCUT2D eigenvalue weighted by atomic mass is 9.84. The monoisotopic (exact) mass is 334 g/mol. The van der Waals surface area contributed by atoms with E-state index >= 15 is 0 Å². The van der Waals surface area contributed by atoms with E-state index in [1.807, 2.05) is 0 Å². The molecule has 2 atom stereocenters. The number of benzene rings is 1. The van der Waals surface area contributed by atoms with Crippen molar-refractivity contribution in [1.82, 2.24) is 0 Å². The molecule has 1 aromatic carbocycles. The summed E-state index contributed by atoms with van der Waals surface area (Å²) >= 11 is 3.29. The second-order valence-corrected chi connectivity index (χ2v) is 5.61. The van der Waals surface area contributed by atoms with Crippen molar-refractivity contribution in [2.24, 2.45) is 16.1 Å². The van der Waals surface area contributed by atoms with Gasteiger partial charge in [0.2, 0.25) is 0 Å². The van der Waals surface area contributed by atoms with Crippen LogP contribution in [0.3, 0.4) is 0 Å². The molecule has 0 saturated heterocycles. The molecule has 1 saturated carbocycles. The molecule has 6 heteroatoms. The Hall–Kier alpha value is -0.910. The predicted molar refractivity (Wildman–Crippen MR) is 70.5 cm³/mol. The average Bonchev–Trinajstić information content (AvgIpc) is 2.37. The van der Waals surface area contributed by atoms with E-state index in [1.165, 1.54) is 0 Å². The van der Waals surface area contributed by atoms with Crippen molar-refractivity contribution in [3.05, 3.63) is 28.7 Å². The molecule has 0 aromatic heterocycles. The van der Waals surface area contributed by atoms with Crippen molar-refractivity contribution < 1.29 is 13.2 Å². The van der Waals surface area contributed by atoms with E-state index in [-0.39, 0.29) is 6.42 Å². The first-order chi connectivity index (χ1) is 8.97. The van der Waals surface area contributed by atoms with E-state index in [0.717, 1.165) is 10.9 Å². The van der Waals surface area contributed by atoms with Crippen molar-refractivity contribution in [2.75, 3.05) is 0 Å². The summed E-state index contributed by atoms with van der Waals surface area (Å²) in [4.78, 5) is 0. The van der Waals surface area contributed by atoms with Gasteiger partial charge in [-0.2, -0.15) is 23.4 Å². The van der Waals surface area contributed by atoms with Crippen molar-refractivity contribution in [1.29, 1.82) is 0 Å². The van der Waals surface area contributed by atoms with Gasteiger partial charge < -0.3 is 0 Å². The number of hydrogen-bond donors (Lipinski definition) is 0. The van der Waals surface area contributed by atoms with E-state index in [9.17, 15) is 13.2 Å². The van der Waals surface area contributed by atoms with Crippen LogP contribution in [0.4, 0.5) is 18.9 Å². The van der Waals surface area contributed by atoms with Crippen LogP contribution in [0.25, 0.3) is 0 Å². The molecule has 0 heterocycles. The lowest BCUT2D eigenvalue weighted by molar-refractivity contribution is -0.186. The fourth-order valence-corrected chi connectivity index (χ4v) is 2.54. The molecule has 0 bridgehead atoms. The van der Waals surface area contributed by atoms with Gasteiger partial charge >= 0.3 is 6.18 Å². The molecule has 0 amide bonds. The molecule has 2 nitrogen and oxygen atoms in total. The maximum Gasteiger partial charge on any atom is 0.393 e. The first-order valence-electron chi connectivity index (χ1n) is 6.20. The Morgan fingerprint density at radius 1 is 1.05 bits per heavy atom. The van der Waals surface area contributed by atoms with E-state index in [2.05, 4.69) is 26.2 Å². The fraction of sp³-hybridized carbons (Fsp3) is 0.538. The van der Waals surface area contributed by atoms with Crippen molar-refractivity contribution in [3.8, 4) is 0 Å². The van der Waals surface area contributed by atoms with Gasteiger partial charge in [0, 0.05) is 4.47 Å². The van der Waals surface area contributed by atoms with E-state index < -0.39 is 18.1 Å². The summed E-state index contributed by atoms with van der Waals surface area (Å²) in [6.45, 7) is 0. The Morgan fingerprint density at radius 3 is 2.32 bits per heavy atom. The van der Waals surface area contributed by atoms with Crippen LogP contribution in [-0.4, -0.2) is 12.2 Å². The number of hydrogen-bond acceptors (Lipinski definition) is 2. The Labute approximate surface area is 118 Å². The number of alkyl halides is 3. The molecule has 1 aromatic rings. The molecule has 1 aliphatic rings. The summed E-state index contributed by atoms with van der Waals surface area (Å²) in [6.07, 6.45) is -2.15. The molecule has 104 valence electrons. The molecular weight excluding hydrogens is 321 g/mol. The SMILES string of the molecule is FC(F)(F)[C@@H]1CCCC[C@H]1N=Nc1ccc(Br)cc1. The van der Waals surface area contributed by atoms with Crippen LogP contribution >= 0.6 is 15.9 Å². The van der Waals surface area contributed by atoms with Gasteiger partial charge in [-0.05, 0) is 37.1 Å². The zero-order chi connectivity index (χ0) is 13.9. The van der Waals surface area contributed by atoms with Gasteiger partial charge in [-0.15, -0.1) is 0 Å². The third-order valence-electron chi connectivity index (χ3n) is 3.30. The summed E-state index contributed by atoms with van der Waals surface area (Å²) in [6, 6.07) is 6.28. The van der Waals surface area contributed by atoms with Gasteiger partial charge in [0.05, 0.1) is 17.6 Å². The van der Waals surface area contributed by atoms with E-state index in [4.69, 9.17) is 0 Å². The number of nitrogens with zero attached hydrogens (tertiary/aromatic N) is 2. The van der Waals surface area contributed by atoms with Gasteiger partial charge in [-0.3, -0.25) is 0 Å². The number of azo groups is 1. The van der Waals surface area contributed by atoms with Crippen LogP contribution in [0, 0.1) is 5.92 Å². The van der Waals surface area contributed by atoms with Crippen molar-refractivity contribution >= 4 is 21.6 Å². The zero-order valence-corrected chi connectivity index (χ0v) is 11.8. The maximum atomic E-state index is 12.9. The molecule has 0 unspecified atom stereocenters. The van der Waals surface area contributed by atoms with Crippen LogP contribution in [0.5, 0.6) is 0 Å². The van der Waals surface area contributed by atoms with Gasteiger partial charge in [-0.1, -0.05) is 28.8 Å². The Bertz CT molecular complexity index is 442. The largest absolute Gasteiger partial charge is 0.393 e. The highest BCUT2D eigenvalue weighted by Gasteiger charge is 2.45. The molecular formula is C13H14BrF3N2. The van der Waals surface area contributed by atoms with Gasteiger partial charge in [-0.25, -0.2) is 0 Å². The normalized spacial score (nSPS) is 24.8. The molecule has 0 radical (unpaired) electrons. The molecule has 0 N–H and O–H groups in total. The lowest BCUT2D eigenvalue weighted by Gasteiger charge is -2.29. The smallest absolute Gasteiger partial charge is 0.185 e. The minimum absolute atomic E-state index is 0.160. The van der Waals surface area contributed by atoms with E-state index in [0.29, 0.717) is 18.5 Å². The standard InChI is InChI=1S/C13H14BrF3N2/c14-9-5-7-10(8-6-9)18-19-12-4-2-1-3-11(12)13(15,16)17/h5-8,11-12H,1-4H2/t11-,12-/m1/s1. The second kappa shape index (κ2) is 6.03. The molecule has 0 aliphatic heterocycles.